The van der Waals surface area contributed by atoms with E-state index in [4.69, 9.17) is 0 Å². The summed E-state index contributed by atoms with van der Waals surface area (Å²) in [5.74, 6) is 0.435. The zero-order valence-corrected chi connectivity index (χ0v) is 13.0. The highest BCUT2D eigenvalue weighted by Crippen LogP contribution is 2.18. The molecule has 1 saturated heterocycles. The second-order valence-corrected chi connectivity index (χ2v) is 5.83. The molecule has 0 aliphatic carbocycles. The second kappa shape index (κ2) is 6.83. The second-order valence-electron chi connectivity index (χ2n) is 5.02. The van der Waals surface area contributed by atoms with Gasteiger partial charge in [-0.2, -0.15) is 0 Å². The van der Waals surface area contributed by atoms with Crippen LogP contribution >= 0.6 is 15.9 Å². The maximum atomic E-state index is 12.3. The van der Waals surface area contributed by atoms with E-state index in [2.05, 4.69) is 26.2 Å². The molecule has 0 spiro atoms. The van der Waals surface area contributed by atoms with Crippen molar-refractivity contribution in [3.05, 3.63) is 28.5 Å². The van der Waals surface area contributed by atoms with Crippen molar-refractivity contribution in [1.29, 1.82) is 0 Å². The fourth-order valence-electron chi connectivity index (χ4n) is 2.32. The summed E-state index contributed by atoms with van der Waals surface area (Å²) in [6, 6.07) is 5.35. The number of pyridine rings is 1. The van der Waals surface area contributed by atoms with Crippen molar-refractivity contribution in [2.24, 2.45) is 5.92 Å². The van der Waals surface area contributed by atoms with Crippen LogP contribution in [0.5, 0.6) is 0 Å². The molecule has 0 aromatic carbocycles. The van der Waals surface area contributed by atoms with E-state index in [1.807, 2.05) is 11.0 Å². The number of nitrogens with zero attached hydrogens (tertiary/aromatic N) is 2. The number of piperidine rings is 1. The lowest BCUT2D eigenvalue weighted by atomic mass is 9.96. The number of hydrogen-bond acceptors (Lipinski definition) is 3. The van der Waals surface area contributed by atoms with E-state index in [0.29, 0.717) is 22.8 Å². The fraction of sp³-hybridized carbons (Fsp3) is 0.500. The van der Waals surface area contributed by atoms with Gasteiger partial charge >= 0.3 is 0 Å². The van der Waals surface area contributed by atoms with Gasteiger partial charge in [0.1, 0.15) is 10.3 Å². The van der Waals surface area contributed by atoms with Crippen LogP contribution < -0.4 is 5.32 Å². The average molecular weight is 340 g/mol. The van der Waals surface area contributed by atoms with Crippen molar-refractivity contribution in [2.75, 3.05) is 19.6 Å². The molecule has 2 amide bonds. The molecule has 1 aliphatic heterocycles. The topological polar surface area (TPSA) is 62.3 Å². The number of halogens is 1. The van der Waals surface area contributed by atoms with Crippen molar-refractivity contribution >= 4 is 27.7 Å². The van der Waals surface area contributed by atoms with Gasteiger partial charge in [0.25, 0.3) is 5.91 Å². The minimum atomic E-state index is -0.0238. The van der Waals surface area contributed by atoms with E-state index in [1.165, 1.54) is 6.92 Å². The Bertz CT molecular complexity index is 499. The predicted molar refractivity (Wildman–Crippen MR) is 79.2 cm³/mol. The smallest absolute Gasteiger partial charge is 0.272 e. The zero-order chi connectivity index (χ0) is 14.5. The maximum Gasteiger partial charge on any atom is 0.272 e. The third-order valence-electron chi connectivity index (χ3n) is 3.48. The Labute approximate surface area is 126 Å². The number of hydrogen-bond donors (Lipinski definition) is 1. The summed E-state index contributed by atoms with van der Waals surface area (Å²) in [5, 5.41) is 2.84. The molecule has 0 atom stereocenters. The lowest BCUT2D eigenvalue weighted by Gasteiger charge is -2.31. The van der Waals surface area contributed by atoms with Crippen molar-refractivity contribution in [3.8, 4) is 0 Å². The maximum absolute atomic E-state index is 12.3. The number of likely N-dealkylation sites (tertiary alicyclic amines) is 1. The van der Waals surface area contributed by atoms with Crippen LogP contribution in [0.2, 0.25) is 0 Å². The van der Waals surface area contributed by atoms with Gasteiger partial charge in [0.15, 0.2) is 0 Å². The summed E-state index contributed by atoms with van der Waals surface area (Å²) in [6.07, 6.45) is 1.83. The number of carbonyl (C=O) groups excluding carboxylic acids is 2. The summed E-state index contributed by atoms with van der Waals surface area (Å²) < 4.78 is 0.670. The molecular weight excluding hydrogens is 322 g/mol. The number of aromatic nitrogens is 1. The molecule has 1 fully saturated rings. The molecule has 6 heteroatoms. The van der Waals surface area contributed by atoms with Crippen LogP contribution in [0.15, 0.2) is 22.8 Å². The molecule has 1 N–H and O–H groups in total. The Morgan fingerprint density at radius 1 is 1.40 bits per heavy atom. The van der Waals surface area contributed by atoms with Crippen LogP contribution in [0.3, 0.4) is 0 Å². The predicted octanol–water partition coefficient (Wildman–Crippen LogP) is 1.83. The van der Waals surface area contributed by atoms with Gasteiger partial charge in [0.05, 0.1) is 0 Å². The van der Waals surface area contributed by atoms with Crippen LogP contribution in [-0.4, -0.2) is 41.3 Å². The van der Waals surface area contributed by atoms with Crippen molar-refractivity contribution in [1.82, 2.24) is 15.2 Å². The van der Waals surface area contributed by atoms with Crippen LogP contribution in [0.25, 0.3) is 0 Å². The highest BCUT2D eigenvalue weighted by atomic mass is 79.9. The van der Waals surface area contributed by atoms with Gasteiger partial charge in [-0.3, -0.25) is 9.59 Å². The number of rotatable bonds is 3. The largest absolute Gasteiger partial charge is 0.356 e. The lowest BCUT2D eigenvalue weighted by molar-refractivity contribution is -0.119. The third-order valence-corrected chi connectivity index (χ3v) is 3.92. The Hall–Kier alpha value is -1.43. The normalized spacial score (nSPS) is 16.0. The standard InChI is InChI=1S/C14H18BrN3O2/c1-10(19)16-9-11-5-7-18(8-6-11)14(20)12-3-2-4-13(15)17-12/h2-4,11H,5-9H2,1H3,(H,16,19). The highest BCUT2D eigenvalue weighted by molar-refractivity contribution is 9.10. The molecule has 5 nitrogen and oxygen atoms in total. The first kappa shape index (κ1) is 15.0. The van der Waals surface area contributed by atoms with Crippen molar-refractivity contribution < 1.29 is 9.59 Å². The quantitative estimate of drug-likeness (QED) is 0.854. The zero-order valence-electron chi connectivity index (χ0n) is 11.4. The van der Waals surface area contributed by atoms with Gasteiger partial charge in [-0.15, -0.1) is 0 Å². The first-order valence-electron chi connectivity index (χ1n) is 6.72. The van der Waals surface area contributed by atoms with E-state index < -0.39 is 0 Å². The summed E-state index contributed by atoms with van der Waals surface area (Å²) in [7, 11) is 0. The van der Waals surface area contributed by atoms with E-state index in [1.54, 1.807) is 12.1 Å². The molecule has 1 aliphatic rings. The average Bonchev–Trinajstić information content (AvgIpc) is 2.45. The number of carbonyl (C=O) groups is 2. The molecule has 2 rings (SSSR count). The Kier molecular flexibility index (Phi) is 5.11. The van der Waals surface area contributed by atoms with E-state index in [9.17, 15) is 9.59 Å². The van der Waals surface area contributed by atoms with E-state index in [-0.39, 0.29) is 11.8 Å². The van der Waals surface area contributed by atoms with Crippen molar-refractivity contribution in [2.45, 2.75) is 19.8 Å². The first-order valence-corrected chi connectivity index (χ1v) is 7.52. The Morgan fingerprint density at radius 2 is 2.10 bits per heavy atom. The summed E-state index contributed by atoms with van der Waals surface area (Å²) in [6.45, 7) is 3.67. The van der Waals surface area contributed by atoms with Crippen LogP contribution in [0.4, 0.5) is 0 Å². The van der Waals surface area contributed by atoms with E-state index in [0.717, 1.165) is 25.9 Å². The van der Waals surface area contributed by atoms with Crippen molar-refractivity contribution in [3.63, 3.8) is 0 Å². The number of amides is 2. The molecule has 0 unspecified atom stereocenters. The van der Waals surface area contributed by atoms with Gasteiger partial charge in [0.2, 0.25) is 5.91 Å². The summed E-state index contributed by atoms with van der Waals surface area (Å²) >= 11 is 3.28. The van der Waals surface area contributed by atoms with Gasteiger partial charge < -0.3 is 10.2 Å². The first-order chi connectivity index (χ1) is 9.56. The van der Waals surface area contributed by atoms with Gasteiger partial charge in [-0.25, -0.2) is 4.98 Å². The Balaban J connectivity index is 1.87. The Morgan fingerprint density at radius 3 is 2.70 bits per heavy atom. The van der Waals surface area contributed by atoms with Gasteiger partial charge in [0, 0.05) is 26.6 Å². The molecule has 1 aromatic heterocycles. The molecule has 1 aromatic rings. The lowest BCUT2D eigenvalue weighted by Crippen LogP contribution is -2.41. The molecule has 0 radical (unpaired) electrons. The van der Waals surface area contributed by atoms with Crippen LogP contribution in [0.1, 0.15) is 30.3 Å². The molecule has 0 bridgehead atoms. The van der Waals surface area contributed by atoms with Crippen LogP contribution in [0, 0.1) is 5.92 Å². The fourth-order valence-corrected chi connectivity index (χ4v) is 2.66. The van der Waals surface area contributed by atoms with Gasteiger partial charge in [-0.1, -0.05) is 6.07 Å². The van der Waals surface area contributed by atoms with E-state index >= 15 is 0 Å². The minimum Gasteiger partial charge on any atom is -0.356 e. The monoisotopic (exact) mass is 339 g/mol. The molecule has 20 heavy (non-hydrogen) atoms. The minimum absolute atomic E-state index is 0.00171. The highest BCUT2D eigenvalue weighted by Gasteiger charge is 2.24. The molecule has 2 heterocycles. The third kappa shape index (κ3) is 4.03. The number of nitrogens with one attached hydrogen (secondary N) is 1. The molecular formula is C14H18BrN3O2. The summed E-state index contributed by atoms with van der Waals surface area (Å²) in [5.41, 5.74) is 0.472. The van der Waals surface area contributed by atoms with Gasteiger partial charge in [-0.05, 0) is 46.8 Å². The molecule has 0 saturated carbocycles. The molecule has 108 valence electrons. The SMILES string of the molecule is CC(=O)NCC1CCN(C(=O)c2cccc(Br)n2)CC1. The summed E-state index contributed by atoms with van der Waals surface area (Å²) in [4.78, 5) is 29.2. The van der Waals surface area contributed by atoms with Crippen LogP contribution in [-0.2, 0) is 4.79 Å².